The number of guanidine groups is 1. The molecule has 2 N–H and O–H groups in total. The van der Waals surface area contributed by atoms with Gasteiger partial charge in [-0.1, -0.05) is 6.07 Å². The maximum Gasteiger partial charge on any atom is 0.231 e. The molecule has 2 heterocycles. The number of nitrogens with one attached hydrogen (secondary N) is 2. The van der Waals surface area contributed by atoms with Crippen LogP contribution in [0.3, 0.4) is 0 Å². The topological polar surface area (TPSA) is 70.6 Å². The van der Waals surface area contributed by atoms with Crippen LogP contribution in [-0.2, 0) is 6.54 Å². The van der Waals surface area contributed by atoms with Gasteiger partial charge in [0.2, 0.25) is 6.79 Å². The Morgan fingerprint density at radius 1 is 1.00 bits per heavy atom. The standard InChI is InChI=1S/C24H33N5O3/c1-25-24(27-17-19-4-9-22-23(16-19)32-18-31-22)26-10-3-11-28-12-14-29(15-13-28)20-5-7-21(30-2)8-6-20/h4-9,16H,3,10-15,17-18H2,1-2H3,(H2,25,26,27). The van der Waals surface area contributed by atoms with E-state index in [0.717, 1.165) is 74.5 Å². The van der Waals surface area contributed by atoms with E-state index in [0.29, 0.717) is 13.3 Å². The summed E-state index contributed by atoms with van der Waals surface area (Å²) < 4.78 is 16.1. The predicted octanol–water partition coefficient (Wildman–Crippen LogP) is 2.30. The van der Waals surface area contributed by atoms with Crippen molar-refractivity contribution >= 4 is 11.6 Å². The molecule has 0 aromatic heterocycles. The van der Waals surface area contributed by atoms with E-state index in [1.165, 1.54) is 5.69 Å². The molecule has 2 aromatic carbocycles. The van der Waals surface area contributed by atoms with Crippen LogP contribution in [0.5, 0.6) is 17.2 Å². The van der Waals surface area contributed by atoms with Gasteiger partial charge < -0.3 is 29.7 Å². The van der Waals surface area contributed by atoms with E-state index in [1.807, 2.05) is 30.3 Å². The zero-order chi connectivity index (χ0) is 22.2. The summed E-state index contributed by atoms with van der Waals surface area (Å²) in [4.78, 5) is 9.30. The smallest absolute Gasteiger partial charge is 0.231 e. The Balaban J connectivity index is 1.12. The molecule has 0 amide bonds. The largest absolute Gasteiger partial charge is 0.497 e. The summed E-state index contributed by atoms with van der Waals surface area (Å²) in [6.45, 7) is 7.24. The van der Waals surface area contributed by atoms with E-state index in [4.69, 9.17) is 14.2 Å². The lowest BCUT2D eigenvalue weighted by Crippen LogP contribution is -2.47. The fraction of sp³-hybridized carbons (Fsp3) is 0.458. The first-order valence-electron chi connectivity index (χ1n) is 11.2. The summed E-state index contributed by atoms with van der Waals surface area (Å²) >= 11 is 0. The number of aliphatic imine (C=N–C) groups is 1. The van der Waals surface area contributed by atoms with E-state index in [2.05, 4.69) is 37.6 Å². The molecule has 0 aliphatic carbocycles. The second-order valence-electron chi connectivity index (χ2n) is 7.92. The zero-order valence-electron chi connectivity index (χ0n) is 19.0. The normalized spacial score (nSPS) is 16.2. The summed E-state index contributed by atoms with van der Waals surface area (Å²) in [6.07, 6.45) is 1.08. The van der Waals surface area contributed by atoms with Crippen molar-refractivity contribution in [2.45, 2.75) is 13.0 Å². The van der Waals surface area contributed by atoms with Gasteiger partial charge in [0.25, 0.3) is 0 Å². The number of ether oxygens (including phenoxy) is 3. The molecule has 1 saturated heterocycles. The predicted molar refractivity (Wildman–Crippen MR) is 127 cm³/mol. The lowest BCUT2D eigenvalue weighted by atomic mass is 10.2. The van der Waals surface area contributed by atoms with E-state index in [9.17, 15) is 0 Å². The molecule has 8 nitrogen and oxygen atoms in total. The van der Waals surface area contributed by atoms with Crippen LogP contribution in [-0.4, -0.2) is 71.1 Å². The molecule has 1 fully saturated rings. The van der Waals surface area contributed by atoms with Gasteiger partial charge >= 0.3 is 0 Å². The number of nitrogens with zero attached hydrogens (tertiary/aromatic N) is 3. The van der Waals surface area contributed by atoms with Crippen molar-refractivity contribution in [3.8, 4) is 17.2 Å². The molecule has 8 heteroatoms. The van der Waals surface area contributed by atoms with Crippen LogP contribution in [0.2, 0.25) is 0 Å². The summed E-state index contributed by atoms with van der Waals surface area (Å²) in [7, 11) is 3.50. The molecular weight excluding hydrogens is 406 g/mol. The first-order valence-corrected chi connectivity index (χ1v) is 11.2. The second-order valence-corrected chi connectivity index (χ2v) is 7.92. The minimum absolute atomic E-state index is 0.298. The zero-order valence-corrected chi connectivity index (χ0v) is 19.0. The van der Waals surface area contributed by atoms with Gasteiger partial charge in [-0.3, -0.25) is 9.89 Å². The number of fused-ring (bicyclic) bond motifs is 1. The number of piperazine rings is 1. The molecule has 0 unspecified atom stereocenters. The monoisotopic (exact) mass is 439 g/mol. The number of hydrogen-bond donors (Lipinski definition) is 2. The molecule has 2 aliphatic heterocycles. The van der Waals surface area contributed by atoms with Crippen molar-refractivity contribution in [2.75, 3.05) is 65.1 Å². The molecular formula is C24H33N5O3. The lowest BCUT2D eigenvalue weighted by Gasteiger charge is -2.36. The fourth-order valence-corrected chi connectivity index (χ4v) is 3.99. The summed E-state index contributed by atoms with van der Waals surface area (Å²) in [5.41, 5.74) is 2.40. The molecule has 0 radical (unpaired) electrons. The maximum atomic E-state index is 5.44. The SMILES string of the molecule is CN=C(NCCCN1CCN(c2ccc(OC)cc2)CC1)NCc1ccc2c(c1)OCO2. The molecule has 32 heavy (non-hydrogen) atoms. The number of benzene rings is 2. The van der Waals surface area contributed by atoms with Gasteiger partial charge in [0.1, 0.15) is 5.75 Å². The summed E-state index contributed by atoms with van der Waals surface area (Å²) in [5.74, 6) is 3.33. The molecule has 4 rings (SSSR count). The third-order valence-corrected chi connectivity index (χ3v) is 5.87. The minimum Gasteiger partial charge on any atom is -0.497 e. The molecule has 0 bridgehead atoms. The fourth-order valence-electron chi connectivity index (χ4n) is 3.99. The Labute approximate surface area is 190 Å². The average molecular weight is 440 g/mol. The number of hydrogen-bond acceptors (Lipinski definition) is 6. The van der Waals surface area contributed by atoms with Crippen molar-refractivity contribution in [1.29, 1.82) is 0 Å². The first-order chi connectivity index (χ1) is 15.7. The van der Waals surface area contributed by atoms with E-state index in [1.54, 1.807) is 14.2 Å². The van der Waals surface area contributed by atoms with Crippen molar-refractivity contribution in [1.82, 2.24) is 15.5 Å². The average Bonchev–Trinajstić information content (AvgIpc) is 3.32. The van der Waals surface area contributed by atoms with Crippen LogP contribution in [0, 0.1) is 0 Å². The Morgan fingerprint density at radius 3 is 2.53 bits per heavy atom. The third-order valence-electron chi connectivity index (χ3n) is 5.87. The van der Waals surface area contributed by atoms with E-state index < -0.39 is 0 Å². The number of methoxy groups -OCH3 is 1. The third kappa shape index (κ3) is 5.76. The molecule has 0 saturated carbocycles. The Morgan fingerprint density at radius 2 is 1.78 bits per heavy atom. The van der Waals surface area contributed by atoms with E-state index in [-0.39, 0.29) is 0 Å². The molecule has 2 aliphatic rings. The molecule has 2 aromatic rings. The van der Waals surface area contributed by atoms with Gasteiger partial charge in [-0.05, 0) is 54.9 Å². The summed E-state index contributed by atoms with van der Waals surface area (Å²) in [5, 5.41) is 6.77. The Kier molecular flexibility index (Phi) is 7.55. The van der Waals surface area contributed by atoms with Crippen LogP contribution >= 0.6 is 0 Å². The molecule has 0 spiro atoms. The minimum atomic E-state index is 0.298. The van der Waals surface area contributed by atoms with Crippen molar-refractivity contribution < 1.29 is 14.2 Å². The van der Waals surface area contributed by atoms with Gasteiger partial charge in [0.15, 0.2) is 17.5 Å². The summed E-state index contributed by atoms with van der Waals surface area (Å²) in [6, 6.07) is 14.3. The van der Waals surface area contributed by atoms with Crippen LogP contribution in [0.25, 0.3) is 0 Å². The van der Waals surface area contributed by atoms with Crippen LogP contribution in [0.4, 0.5) is 5.69 Å². The van der Waals surface area contributed by atoms with Crippen molar-refractivity contribution in [3.05, 3.63) is 48.0 Å². The highest BCUT2D eigenvalue weighted by Crippen LogP contribution is 2.32. The van der Waals surface area contributed by atoms with Gasteiger partial charge in [0, 0.05) is 52.0 Å². The van der Waals surface area contributed by atoms with Crippen molar-refractivity contribution in [2.24, 2.45) is 4.99 Å². The Hall–Kier alpha value is -3.13. The lowest BCUT2D eigenvalue weighted by molar-refractivity contribution is 0.174. The maximum absolute atomic E-state index is 5.44. The number of rotatable bonds is 8. The second kappa shape index (κ2) is 10.9. The van der Waals surface area contributed by atoms with Crippen LogP contribution in [0.15, 0.2) is 47.5 Å². The van der Waals surface area contributed by atoms with Crippen molar-refractivity contribution in [3.63, 3.8) is 0 Å². The van der Waals surface area contributed by atoms with Gasteiger partial charge in [0.05, 0.1) is 7.11 Å². The quantitative estimate of drug-likeness (QED) is 0.372. The van der Waals surface area contributed by atoms with Crippen LogP contribution in [0.1, 0.15) is 12.0 Å². The van der Waals surface area contributed by atoms with E-state index >= 15 is 0 Å². The first kappa shape index (κ1) is 22.1. The van der Waals surface area contributed by atoms with Gasteiger partial charge in [-0.25, -0.2) is 0 Å². The highest BCUT2D eigenvalue weighted by Gasteiger charge is 2.17. The van der Waals surface area contributed by atoms with Gasteiger partial charge in [-0.2, -0.15) is 0 Å². The molecule has 0 atom stereocenters. The highest BCUT2D eigenvalue weighted by atomic mass is 16.7. The highest BCUT2D eigenvalue weighted by molar-refractivity contribution is 5.79. The van der Waals surface area contributed by atoms with Crippen LogP contribution < -0.4 is 29.7 Å². The Bertz CT molecular complexity index is 895. The molecule has 172 valence electrons. The number of anilines is 1. The van der Waals surface area contributed by atoms with Gasteiger partial charge in [-0.15, -0.1) is 0 Å².